The lowest BCUT2D eigenvalue weighted by molar-refractivity contribution is 0.182. The summed E-state index contributed by atoms with van der Waals surface area (Å²) in [4.78, 5) is 21.9. The van der Waals surface area contributed by atoms with Gasteiger partial charge in [-0.15, -0.1) is 0 Å². The topological polar surface area (TPSA) is 81.9 Å². The molecule has 2 aromatic rings. The highest BCUT2D eigenvalue weighted by atomic mass is 16.5. The largest absolute Gasteiger partial charge is 0.377 e. The Balaban J connectivity index is 1.46. The van der Waals surface area contributed by atoms with E-state index < -0.39 is 0 Å². The summed E-state index contributed by atoms with van der Waals surface area (Å²) in [6.45, 7) is 2.98. The van der Waals surface area contributed by atoms with Crippen molar-refractivity contribution in [1.29, 1.82) is 0 Å². The van der Waals surface area contributed by atoms with Gasteiger partial charge in [0.05, 0.1) is 24.9 Å². The van der Waals surface area contributed by atoms with Crippen LogP contribution in [0.4, 0.5) is 5.82 Å². The predicted molar refractivity (Wildman–Crippen MR) is 101 cm³/mol. The maximum atomic E-state index is 12.7. The number of rotatable bonds is 3. The van der Waals surface area contributed by atoms with Crippen LogP contribution < -0.4 is 10.9 Å². The van der Waals surface area contributed by atoms with E-state index in [-0.39, 0.29) is 17.6 Å². The number of nitrogens with zero attached hydrogens (tertiary/aromatic N) is 4. The highest BCUT2D eigenvalue weighted by Crippen LogP contribution is 2.29. The molecule has 0 radical (unpaired) electrons. The number of aryl methyl sites for hydroxylation is 4. The number of nitrogens with one attached hydrogen (secondary N) is 1. The van der Waals surface area contributed by atoms with Crippen molar-refractivity contribution in [1.82, 2.24) is 19.7 Å². The molecule has 7 heteroatoms. The first kappa shape index (κ1) is 16.9. The maximum absolute atomic E-state index is 12.7. The summed E-state index contributed by atoms with van der Waals surface area (Å²) in [6, 6.07) is 1.65. The molecule has 1 saturated heterocycles. The van der Waals surface area contributed by atoms with Gasteiger partial charge in [-0.25, -0.2) is 14.6 Å². The van der Waals surface area contributed by atoms with E-state index in [1.165, 1.54) is 5.56 Å². The number of hydrogen-bond acceptors (Lipinski definition) is 6. The third-order valence-corrected chi connectivity index (χ3v) is 5.96. The summed E-state index contributed by atoms with van der Waals surface area (Å²) in [7, 11) is 0. The summed E-state index contributed by atoms with van der Waals surface area (Å²) in [5.74, 6) is 1.69. The zero-order valence-corrected chi connectivity index (χ0v) is 15.7. The van der Waals surface area contributed by atoms with Crippen molar-refractivity contribution in [3.05, 3.63) is 44.8 Å². The van der Waals surface area contributed by atoms with Gasteiger partial charge >= 0.3 is 0 Å². The molecular weight excluding hydrogens is 342 g/mol. The van der Waals surface area contributed by atoms with Crippen LogP contribution in [0.5, 0.6) is 0 Å². The van der Waals surface area contributed by atoms with Crippen LogP contribution in [0.25, 0.3) is 0 Å². The Morgan fingerprint density at radius 1 is 1.07 bits per heavy atom. The summed E-state index contributed by atoms with van der Waals surface area (Å²) in [5, 5.41) is 8.29. The molecule has 1 aliphatic heterocycles. The number of ether oxygens (including phenoxy) is 1. The number of hydrogen-bond donors (Lipinski definition) is 1. The van der Waals surface area contributed by atoms with E-state index in [1.807, 2.05) is 6.92 Å². The molecule has 2 aliphatic carbocycles. The number of fused-ring (bicyclic) bond motifs is 2. The van der Waals surface area contributed by atoms with Gasteiger partial charge in [0.25, 0.3) is 5.56 Å². The van der Waals surface area contributed by atoms with E-state index in [0.717, 1.165) is 73.5 Å². The van der Waals surface area contributed by atoms with Gasteiger partial charge in [-0.05, 0) is 57.4 Å². The third kappa shape index (κ3) is 3.04. The SMILES string of the molecule is Cc1nc2c(c(NC3COCC3n3nc4c(cc3=O)CCCC4)n1)CCC2. The Labute approximate surface area is 158 Å². The van der Waals surface area contributed by atoms with Crippen LogP contribution in [0.1, 0.15) is 53.6 Å². The Morgan fingerprint density at radius 3 is 2.85 bits per heavy atom. The average molecular weight is 367 g/mol. The maximum Gasteiger partial charge on any atom is 0.267 e. The van der Waals surface area contributed by atoms with Crippen molar-refractivity contribution in [2.75, 3.05) is 18.5 Å². The predicted octanol–water partition coefficient (Wildman–Crippen LogP) is 1.76. The average Bonchev–Trinajstić information content (AvgIpc) is 3.30. The van der Waals surface area contributed by atoms with E-state index in [4.69, 9.17) is 9.84 Å². The lowest BCUT2D eigenvalue weighted by Gasteiger charge is -2.24. The molecule has 0 saturated carbocycles. The molecule has 0 spiro atoms. The van der Waals surface area contributed by atoms with Gasteiger partial charge in [-0.1, -0.05) is 0 Å². The summed E-state index contributed by atoms with van der Waals surface area (Å²) in [5.41, 5.74) is 4.55. The molecule has 7 nitrogen and oxygen atoms in total. The summed E-state index contributed by atoms with van der Waals surface area (Å²) < 4.78 is 7.38. The van der Waals surface area contributed by atoms with Crippen LogP contribution in [0, 0.1) is 6.92 Å². The molecule has 0 bridgehead atoms. The smallest absolute Gasteiger partial charge is 0.267 e. The standard InChI is InChI=1S/C20H25N5O2/c1-12-21-16-8-4-6-14(16)20(22-12)23-17-10-27-11-18(17)25-19(26)9-13-5-2-3-7-15(13)24-25/h9,17-18H,2-8,10-11H2,1H3,(H,21,22,23). The Morgan fingerprint density at radius 2 is 1.93 bits per heavy atom. The Hall–Kier alpha value is -2.28. The first-order chi connectivity index (χ1) is 13.2. The fourth-order valence-corrected chi connectivity index (χ4v) is 4.59. The van der Waals surface area contributed by atoms with Crippen molar-refractivity contribution in [2.24, 2.45) is 0 Å². The lowest BCUT2D eigenvalue weighted by Crippen LogP contribution is -2.38. The van der Waals surface area contributed by atoms with E-state index in [2.05, 4.69) is 15.3 Å². The van der Waals surface area contributed by atoms with Crippen LogP contribution in [-0.2, 0) is 30.4 Å². The first-order valence-electron chi connectivity index (χ1n) is 10.0. The van der Waals surface area contributed by atoms with E-state index in [9.17, 15) is 4.79 Å². The lowest BCUT2D eigenvalue weighted by atomic mass is 9.97. The molecule has 3 aliphatic rings. The zero-order chi connectivity index (χ0) is 18.4. The molecule has 2 aromatic heterocycles. The molecule has 2 unspecified atom stereocenters. The molecular formula is C20H25N5O2. The van der Waals surface area contributed by atoms with Crippen molar-refractivity contribution in [3.8, 4) is 0 Å². The summed E-state index contributed by atoms with van der Waals surface area (Å²) in [6.07, 6.45) is 7.36. The van der Waals surface area contributed by atoms with Gasteiger partial charge in [0.1, 0.15) is 17.7 Å². The fraction of sp³-hybridized carbons (Fsp3) is 0.600. The normalized spacial score (nSPS) is 23.9. The fourth-order valence-electron chi connectivity index (χ4n) is 4.59. The molecule has 2 atom stereocenters. The van der Waals surface area contributed by atoms with E-state index in [1.54, 1.807) is 10.7 Å². The molecule has 3 heterocycles. The molecule has 1 N–H and O–H groups in total. The Bertz CT molecular complexity index is 939. The van der Waals surface area contributed by atoms with Gasteiger partial charge in [-0.2, -0.15) is 5.10 Å². The molecule has 27 heavy (non-hydrogen) atoms. The van der Waals surface area contributed by atoms with Gasteiger partial charge in [-0.3, -0.25) is 4.79 Å². The van der Waals surface area contributed by atoms with Gasteiger partial charge in [0, 0.05) is 17.3 Å². The van der Waals surface area contributed by atoms with Gasteiger partial charge in [0.2, 0.25) is 0 Å². The monoisotopic (exact) mass is 367 g/mol. The van der Waals surface area contributed by atoms with Crippen molar-refractivity contribution in [2.45, 2.75) is 64.0 Å². The van der Waals surface area contributed by atoms with Crippen LogP contribution in [-0.4, -0.2) is 39.0 Å². The molecule has 0 amide bonds. The Kier molecular flexibility index (Phi) is 4.19. The van der Waals surface area contributed by atoms with Crippen LogP contribution in [0.15, 0.2) is 10.9 Å². The number of aromatic nitrogens is 4. The second-order valence-electron chi connectivity index (χ2n) is 7.86. The van der Waals surface area contributed by atoms with E-state index >= 15 is 0 Å². The zero-order valence-electron chi connectivity index (χ0n) is 15.7. The molecule has 142 valence electrons. The molecule has 1 fully saturated rings. The van der Waals surface area contributed by atoms with Crippen molar-refractivity contribution >= 4 is 5.82 Å². The van der Waals surface area contributed by atoms with Crippen LogP contribution in [0.3, 0.4) is 0 Å². The van der Waals surface area contributed by atoms with Crippen molar-refractivity contribution in [3.63, 3.8) is 0 Å². The minimum Gasteiger partial charge on any atom is -0.377 e. The molecule has 0 aromatic carbocycles. The van der Waals surface area contributed by atoms with Gasteiger partial charge < -0.3 is 10.1 Å². The minimum absolute atomic E-state index is 0.0177. The molecule has 5 rings (SSSR count). The second kappa shape index (κ2) is 6.71. The minimum atomic E-state index is -0.114. The third-order valence-electron chi connectivity index (χ3n) is 5.96. The van der Waals surface area contributed by atoms with Gasteiger partial charge in [0.15, 0.2) is 0 Å². The quantitative estimate of drug-likeness (QED) is 0.890. The van der Waals surface area contributed by atoms with Crippen molar-refractivity contribution < 1.29 is 4.74 Å². The number of anilines is 1. The second-order valence-corrected chi connectivity index (χ2v) is 7.86. The first-order valence-corrected chi connectivity index (χ1v) is 10.0. The summed E-state index contributed by atoms with van der Waals surface area (Å²) >= 11 is 0. The highest BCUT2D eigenvalue weighted by Gasteiger charge is 2.33. The highest BCUT2D eigenvalue weighted by molar-refractivity contribution is 5.49. The van der Waals surface area contributed by atoms with Crippen LogP contribution in [0.2, 0.25) is 0 Å². The van der Waals surface area contributed by atoms with Crippen LogP contribution >= 0.6 is 0 Å². The van der Waals surface area contributed by atoms with E-state index in [0.29, 0.717) is 13.2 Å².